The molecule has 0 fully saturated rings. The van der Waals surface area contributed by atoms with Crippen molar-refractivity contribution >= 4 is 51.0 Å². The van der Waals surface area contributed by atoms with Crippen molar-refractivity contribution in [2.75, 3.05) is 5.73 Å². The zero-order chi connectivity index (χ0) is 10.1. The third-order valence-corrected chi connectivity index (χ3v) is 3.53. The molecule has 72 valence electrons. The molecule has 0 atom stereocenters. The lowest BCUT2D eigenvalue weighted by Crippen LogP contribution is -1.86. The van der Waals surface area contributed by atoms with E-state index in [0.29, 0.717) is 5.82 Å². The number of anilines is 1. The van der Waals surface area contributed by atoms with Crippen LogP contribution in [0.25, 0.3) is 11.3 Å². The fraction of sp³-hybridized carbons (Fsp3) is 0. The van der Waals surface area contributed by atoms with E-state index in [1.165, 1.54) is 3.57 Å². The second-order valence-electron chi connectivity index (χ2n) is 2.72. The fourth-order valence-corrected chi connectivity index (χ4v) is 1.94. The summed E-state index contributed by atoms with van der Waals surface area (Å²) < 4.78 is 7.19. The maximum absolute atomic E-state index is 5.59. The van der Waals surface area contributed by atoms with E-state index in [0.717, 1.165) is 14.9 Å². The van der Waals surface area contributed by atoms with Crippen molar-refractivity contribution < 1.29 is 4.52 Å². The molecule has 2 N–H and O–H groups in total. The van der Waals surface area contributed by atoms with Gasteiger partial charge in [-0.2, -0.15) is 0 Å². The van der Waals surface area contributed by atoms with Gasteiger partial charge in [-0.1, -0.05) is 17.3 Å². The number of hydrogen-bond acceptors (Lipinski definition) is 3. The van der Waals surface area contributed by atoms with E-state index in [-0.39, 0.29) is 0 Å². The minimum absolute atomic E-state index is 0.444. The topological polar surface area (TPSA) is 52.0 Å². The summed E-state index contributed by atoms with van der Waals surface area (Å²) in [6.45, 7) is 0. The molecule has 0 saturated carbocycles. The summed E-state index contributed by atoms with van der Waals surface area (Å²) in [7, 11) is 0. The Morgan fingerprint density at radius 3 is 2.29 bits per heavy atom. The summed E-state index contributed by atoms with van der Waals surface area (Å²) in [6, 6.07) is 8.02. The van der Waals surface area contributed by atoms with Crippen molar-refractivity contribution in [2.24, 2.45) is 0 Å². The van der Waals surface area contributed by atoms with Crippen LogP contribution in [0.3, 0.4) is 0 Å². The molecule has 0 radical (unpaired) electrons. The average molecular weight is 412 g/mol. The lowest BCUT2D eigenvalue weighted by atomic mass is 10.2. The van der Waals surface area contributed by atoms with Gasteiger partial charge in [-0.25, -0.2) is 0 Å². The molecule has 5 heteroatoms. The van der Waals surface area contributed by atoms with Gasteiger partial charge in [-0.3, -0.25) is 0 Å². The number of nitrogens with two attached hydrogens (primary N) is 1. The fourth-order valence-electron chi connectivity index (χ4n) is 1.07. The van der Waals surface area contributed by atoms with E-state index < -0.39 is 0 Å². The molecule has 0 saturated heterocycles. The summed E-state index contributed by atoms with van der Waals surface area (Å²) in [5.41, 5.74) is 6.59. The smallest absolute Gasteiger partial charge is 0.182 e. The minimum Gasteiger partial charge on any atom is -0.380 e. The number of hydrogen-bond donors (Lipinski definition) is 1. The summed E-state index contributed by atoms with van der Waals surface area (Å²) in [4.78, 5) is 0. The van der Waals surface area contributed by atoms with E-state index in [4.69, 9.17) is 10.3 Å². The predicted molar refractivity (Wildman–Crippen MR) is 71.8 cm³/mol. The molecule has 0 amide bonds. The van der Waals surface area contributed by atoms with Crippen LogP contribution in [-0.4, -0.2) is 5.16 Å². The van der Waals surface area contributed by atoms with Gasteiger partial charge in [0.1, 0.15) is 3.57 Å². The second kappa shape index (κ2) is 4.05. The van der Waals surface area contributed by atoms with Crippen LogP contribution >= 0.6 is 45.2 Å². The van der Waals surface area contributed by atoms with Gasteiger partial charge < -0.3 is 10.3 Å². The lowest BCUT2D eigenvalue weighted by molar-refractivity contribution is 0.435. The van der Waals surface area contributed by atoms with Crippen LogP contribution in [0.5, 0.6) is 0 Å². The Kier molecular flexibility index (Phi) is 2.96. The summed E-state index contributed by atoms with van der Waals surface area (Å²) >= 11 is 4.39. The number of halogens is 2. The molecule has 1 aromatic carbocycles. The summed E-state index contributed by atoms with van der Waals surface area (Å²) in [6.07, 6.45) is 0. The predicted octanol–water partition coefficient (Wildman–Crippen LogP) is 3.13. The van der Waals surface area contributed by atoms with Crippen LogP contribution in [-0.2, 0) is 0 Å². The molecule has 0 aliphatic carbocycles. The highest BCUT2D eigenvalue weighted by Crippen LogP contribution is 2.29. The second-order valence-corrected chi connectivity index (χ2v) is 5.04. The monoisotopic (exact) mass is 412 g/mol. The Bertz CT molecular complexity index is 450. The zero-order valence-electron chi connectivity index (χ0n) is 7.00. The molecule has 2 aromatic rings. The highest BCUT2D eigenvalue weighted by molar-refractivity contribution is 14.1. The van der Waals surface area contributed by atoms with Crippen LogP contribution in [0.15, 0.2) is 28.8 Å². The van der Waals surface area contributed by atoms with Gasteiger partial charge in [0.15, 0.2) is 11.6 Å². The quantitative estimate of drug-likeness (QED) is 0.733. The Hall–Kier alpha value is -0.310. The molecule has 0 unspecified atom stereocenters. The third-order valence-electron chi connectivity index (χ3n) is 1.77. The Labute approximate surface area is 108 Å². The summed E-state index contributed by atoms with van der Waals surface area (Å²) in [5, 5.41) is 3.71. The van der Waals surface area contributed by atoms with Crippen LogP contribution in [0.4, 0.5) is 5.82 Å². The average Bonchev–Trinajstić information content (AvgIpc) is 2.50. The van der Waals surface area contributed by atoms with Crippen LogP contribution in [0.2, 0.25) is 0 Å². The number of benzene rings is 1. The summed E-state index contributed by atoms with van der Waals surface area (Å²) in [5.74, 6) is 1.18. The van der Waals surface area contributed by atoms with Gasteiger partial charge in [0.2, 0.25) is 0 Å². The van der Waals surface area contributed by atoms with Crippen molar-refractivity contribution in [3.05, 3.63) is 31.4 Å². The van der Waals surface area contributed by atoms with Crippen molar-refractivity contribution in [3.8, 4) is 11.3 Å². The SMILES string of the molecule is Nc1noc(-c2ccc(I)cc2)c1I. The molecule has 0 aliphatic rings. The largest absolute Gasteiger partial charge is 0.380 e. The molecule has 2 rings (SSSR count). The van der Waals surface area contributed by atoms with Gasteiger partial charge in [-0.15, -0.1) is 0 Å². The first kappa shape index (κ1) is 10.2. The van der Waals surface area contributed by atoms with Gasteiger partial charge in [0.05, 0.1) is 0 Å². The first-order valence-corrected chi connectivity index (χ1v) is 6.01. The molecular weight excluding hydrogens is 406 g/mol. The van der Waals surface area contributed by atoms with Gasteiger partial charge in [-0.05, 0) is 57.3 Å². The van der Waals surface area contributed by atoms with E-state index in [2.05, 4.69) is 50.3 Å². The van der Waals surface area contributed by atoms with Crippen LogP contribution < -0.4 is 5.73 Å². The van der Waals surface area contributed by atoms with Crippen molar-refractivity contribution in [2.45, 2.75) is 0 Å². The number of aromatic nitrogens is 1. The molecule has 3 nitrogen and oxygen atoms in total. The van der Waals surface area contributed by atoms with Gasteiger partial charge in [0, 0.05) is 9.13 Å². The number of nitrogen functional groups attached to an aromatic ring is 1. The van der Waals surface area contributed by atoms with Crippen LogP contribution in [0, 0.1) is 7.14 Å². The molecule has 1 heterocycles. The highest BCUT2D eigenvalue weighted by Gasteiger charge is 2.12. The Morgan fingerprint density at radius 1 is 1.14 bits per heavy atom. The Morgan fingerprint density at radius 2 is 1.79 bits per heavy atom. The molecule has 0 spiro atoms. The van der Waals surface area contributed by atoms with E-state index in [9.17, 15) is 0 Å². The minimum atomic E-state index is 0.444. The molecular formula is C9H6I2N2O. The first-order valence-electron chi connectivity index (χ1n) is 3.85. The third kappa shape index (κ3) is 1.88. The van der Waals surface area contributed by atoms with Crippen molar-refractivity contribution in [1.29, 1.82) is 0 Å². The molecule has 1 aromatic heterocycles. The lowest BCUT2D eigenvalue weighted by Gasteiger charge is -1.96. The molecule has 0 aliphatic heterocycles. The van der Waals surface area contributed by atoms with Gasteiger partial charge >= 0.3 is 0 Å². The highest BCUT2D eigenvalue weighted by atomic mass is 127. The maximum Gasteiger partial charge on any atom is 0.182 e. The Balaban J connectivity index is 2.49. The van der Waals surface area contributed by atoms with E-state index in [1.807, 2.05) is 24.3 Å². The maximum atomic E-state index is 5.59. The normalized spacial score (nSPS) is 10.4. The zero-order valence-corrected chi connectivity index (χ0v) is 11.3. The van der Waals surface area contributed by atoms with Crippen LogP contribution in [0.1, 0.15) is 0 Å². The van der Waals surface area contributed by atoms with E-state index >= 15 is 0 Å². The number of rotatable bonds is 1. The molecule has 14 heavy (non-hydrogen) atoms. The van der Waals surface area contributed by atoms with Crippen molar-refractivity contribution in [1.82, 2.24) is 5.16 Å². The van der Waals surface area contributed by atoms with Crippen molar-refractivity contribution in [3.63, 3.8) is 0 Å². The van der Waals surface area contributed by atoms with E-state index in [1.54, 1.807) is 0 Å². The molecule has 0 bridgehead atoms. The first-order chi connectivity index (χ1) is 6.68. The number of nitrogens with zero attached hydrogens (tertiary/aromatic N) is 1. The van der Waals surface area contributed by atoms with Gasteiger partial charge in [0.25, 0.3) is 0 Å². The standard InChI is InChI=1S/C9H6I2N2O/c10-6-3-1-5(2-4-6)8-7(11)9(12)13-14-8/h1-4H,(H2,12,13).